The normalized spacial score (nSPS) is 8.60. The molecule has 0 heterocycles. The Morgan fingerprint density at radius 2 is 1.60 bits per heavy atom. The number of halogens is 1. The molecule has 0 amide bonds. The number of benzene rings is 2. The van der Waals surface area contributed by atoms with Crippen molar-refractivity contribution < 1.29 is 17.0 Å². The molecule has 0 N–H and O–H groups in total. The molecule has 72 valence electrons. The van der Waals surface area contributed by atoms with Gasteiger partial charge in [-0.15, -0.1) is 35.9 Å². The third-order valence-corrected chi connectivity index (χ3v) is 2.07. The maximum absolute atomic E-state index is 3.20. The SMILES string of the molecule is Cc1ccc(-c2[c-]cccc2)cc1.[Br-].[Mg+2]. The molecule has 0 aliphatic heterocycles. The smallest absolute Gasteiger partial charge is 1.00 e. The molecule has 2 heteroatoms. The van der Waals surface area contributed by atoms with E-state index >= 15 is 0 Å². The van der Waals surface area contributed by atoms with Gasteiger partial charge < -0.3 is 17.0 Å². The largest absolute Gasteiger partial charge is 2.00 e. The molecule has 0 nitrogen and oxygen atoms in total. The second kappa shape index (κ2) is 7.04. The van der Waals surface area contributed by atoms with E-state index in [0.29, 0.717) is 0 Å². The standard InChI is InChI=1S/C13H11.BrH.Mg/c1-11-7-9-13(10-8-11)12-5-3-2-4-6-12;;/h2-5,7-10H,1H3;1H;/q-1;;+2/p-1. The van der Waals surface area contributed by atoms with Gasteiger partial charge in [-0.1, -0.05) is 35.4 Å². The Labute approximate surface area is 118 Å². The van der Waals surface area contributed by atoms with Crippen LogP contribution in [0.3, 0.4) is 0 Å². The maximum Gasteiger partial charge on any atom is 2.00 e. The first-order valence-corrected chi connectivity index (χ1v) is 4.40. The van der Waals surface area contributed by atoms with Crippen LogP contribution in [0.1, 0.15) is 5.56 Å². The molecule has 15 heavy (non-hydrogen) atoms. The zero-order valence-electron chi connectivity index (χ0n) is 8.70. The molecule has 0 radical (unpaired) electrons. The number of rotatable bonds is 1. The van der Waals surface area contributed by atoms with Gasteiger partial charge in [-0.05, 0) is 6.92 Å². The summed E-state index contributed by atoms with van der Waals surface area (Å²) >= 11 is 0. The Morgan fingerprint density at radius 3 is 2.13 bits per heavy atom. The molecule has 0 fully saturated rings. The molecule has 0 aromatic heterocycles. The third kappa shape index (κ3) is 3.97. The van der Waals surface area contributed by atoms with Crippen LogP contribution in [0.15, 0.2) is 48.5 Å². The molecule has 2 aromatic rings. The molecule has 0 saturated carbocycles. The van der Waals surface area contributed by atoms with E-state index in [1.165, 1.54) is 11.1 Å². The Kier molecular flexibility index (Phi) is 6.89. The van der Waals surface area contributed by atoms with Crippen molar-refractivity contribution >= 4 is 23.1 Å². The Bertz CT molecular complexity index is 381. The van der Waals surface area contributed by atoms with Crippen molar-refractivity contribution in [1.82, 2.24) is 0 Å². The topological polar surface area (TPSA) is 0 Å². The van der Waals surface area contributed by atoms with E-state index in [9.17, 15) is 0 Å². The summed E-state index contributed by atoms with van der Waals surface area (Å²) in [5.74, 6) is 0. The van der Waals surface area contributed by atoms with Crippen molar-refractivity contribution in [2.75, 3.05) is 0 Å². The molecule has 0 saturated heterocycles. The molecular weight excluding hydrogens is 260 g/mol. The van der Waals surface area contributed by atoms with Gasteiger partial charge >= 0.3 is 23.1 Å². The summed E-state index contributed by atoms with van der Waals surface area (Å²) in [7, 11) is 0. The number of aryl methyl sites for hydroxylation is 1. The van der Waals surface area contributed by atoms with Crippen LogP contribution in [0.4, 0.5) is 0 Å². The average molecular weight is 271 g/mol. The van der Waals surface area contributed by atoms with Gasteiger partial charge in [-0.2, -0.15) is 0 Å². The second-order valence-electron chi connectivity index (χ2n) is 3.14. The van der Waals surface area contributed by atoms with Gasteiger partial charge in [0.1, 0.15) is 0 Å². The van der Waals surface area contributed by atoms with E-state index < -0.39 is 0 Å². The quantitative estimate of drug-likeness (QED) is 0.509. The average Bonchev–Trinajstić information content (AvgIpc) is 2.20. The first-order valence-electron chi connectivity index (χ1n) is 4.40. The summed E-state index contributed by atoms with van der Waals surface area (Å²) in [5, 5.41) is 0. The second-order valence-corrected chi connectivity index (χ2v) is 3.14. The molecule has 0 aliphatic carbocycles. The van der Waals surface area contributed by atoms with Gasteiger partial charge in [0, 0.05) is 0 Å². The fourth-order valence-corrected chi connectivity index (χ4v) is 1.31. The maximum atomic E-state index is 3.20. The molecule has 0 atom stereocenters. The number of hydrogen-bond donors (Lipinski definition) is 0. The Morgan fingerprint density at radius 1 is 0.933 bits per heavy atom. The summed E-state index contributed by atoms with van der Waals surface area (Å²) in [6, 6.07) is 19.7. The molecule has 0 spiro atoms. The zero-order chi connectivity index (χ0) is 9.10. The summed E-state index contributed by atoms with van der Waals surface area (Å²) in [6.07, 6.45) is 0. The van der Waals surface area contributed by atoms with Crippen molar-refractivity contribution in [3.63, 3.8) is 0 Å². The fraction of sp³-hybridized carbons (Fsp3) is 0.0769. The molecule has 0 aliphatic rings. The van der Waals surface area contributed by atoms with Crippen molar-refractivity contribution in [3.8, 4) is 11.1 Å². The van der Waals surface area contributed by atoms with E-state index in [1.54, 1.807) is 0 Å². The minimum Gasteiger partial charge on any atom is -1.00 e. The monoisotopic (exact) mass is 270 g/mol. The van der Waals surface area contributed by atoms with Crippen LogP contribution < -0.4 is 17.0 Å². The third-order valence-electron chi connectivity index (χ3n) is 2.07. The van der Waals surface area contributed by atoms with Crippen LogP contribution in [0.5, 0.6) is 0 Å². The van der Waals surface area contributed by atoms with Gasteiger partial charge in [-0.3, -0.25) is 0 Å². The van der Waals surface area contributed by atoms with Crippen LogP contribution in [0, 0.1) is 13.0 Å². The summed E-state index contributed by atoms with van der Waals surface area (Å²) < 4.78 is 0. The fourth-order valence-electron chi connectivity index (χ4n) is 1.31. The van der Waals surface area contributed by atoms with Crippen LogP contribution >= 0.6 is 0 Å². The van der Waals surface area contributed by atoms with Crippen molar-refractivity contribution in [3.05, 3.63) is 60.2 Å². The van der Waals surface area contributed by atoms with Crippen LogP contribution in [-0.4, -0.2) is 23.1 Å². The van der Waals surface area contributed by atoms with Gasteiger partial charge in [0.05, 0.1) is 0 Å². The number of hydrogen-bond acceptors (Lipinski definition) is 0. The van der Waals surface area contributed by atoms with Gasteiger partial charge in [0.15, 0.2) is 0 Å². The zero-order valence-corrected chi connectivity index (χ0v) is 11.7. The minimum absolute atomic E-state index is 0. The summed E-state index contributed by atoms with van der Waals surface area (Å²) in [6.45, 7) is 2.10. The van der Waals surface area contributed by atoms with E-state index in [-0.39, 0.29) is 40.0 Å². The molecule has 2 aromatic carbocycles. The predicted molar refractivity (Wildman–Crippen MR) is 61.2 cm³/mol. The van der Waals surface area contributed by atoms with E-state index in [4.69, 9.17) is 0 Å². The van der Waals surface area contributed by atoms with Crippen molar-refractivity contribution in [2.45, 2.75) is 6.92 Å². The van der Waals surface area contributed by atoms with E-state index in [0.717, 1.165) is 5.56 Å². The summed E-state index contributed by atoms with van der Waals surface area (Å²) in [4.78, 5) is 0. The van der Waals surface area contributed by atoms with Crippen molar-refractivity contribution in [1.29, 1.82) is 0 Å². The minimum atomic E-state index is 0. The van der Waals surface area contributed by atoms with Crippen LogP contribution in [0.25, 0.3) is 11.1 Å². The predicted octanol–water partition coefficient (Wildman–Crippen LogP) is 0.0854. The molecular formula is C13H11BrMg. The summed E-state index contributed by atoms with van der Waals surface area (Å²) in [5.41, 5.74) is 3.67. The Hall–Kier alpha value is -0.314. The van der Waals surface area contributed by atoms with Gasteiger partial charge in [0.2, 0.25) is 0 Å². The molecule has 0 unspecified atom stereocenters. The van der Waals surface area contributed by atoms with Crippen LogP contribution in [0.2, 0.25) is 0 Å². The Balaban J connectivity index is 0.000000980. The van der Waals surface area contributed by atoms with Gasteiger partial charge in [-0.25, -0.2) is 0 Å². The molecule has 2 rings (SSSR count). The van der Waals surface area contributed by atoms with Crippen molar-refractivity contribution in [2.24, 2.45) is 0 Å². The first-order chi connectivity index (χ1) is 6.36. The molecule has 0 bridgehead atoms. The first kappa shape index (κ1) is 14.7. The van der Waals surface area contributed by atoms with E-state index in [1.807, 2.05) is 18.2 Å². The van der Waals surface area contributed by atoms with Crippen LogP contribution in [-0.2, 0) is 0 Å². The van der Waals surface area contributed by atoms with Gasteiger partial charge in [0.25, 0.3) is 0 Å². The van der Waals surface area contributed by atoms with E-state index in [2.05, 4.69) is 43.3 Å².